The Bertz CT molecular complexity index is 1220. The zero-order chi connectivity index (χ0) is 24.8. The van der Waals surface area contributed by atoms with E-state index in [9.17, 15) is 14.7 Å². The molecule has 0 aliphatic carbocycles. The van der Waals surface area contributed by atoms with Crippen molar-refractivity contribution < 1.29 is 24.2 Å². The topological polar surface area (TPSA) is 76.1 Å². The first kappa shape index (κ1) is 24.1. The van der Waals surface area contributed by atoms with Gasteiger partial charge in [0.05, 0.1) is 24.8 Å². The lowest BCUT2D eigenvalue weighted by molar-refractivity contribution is -0.140. The van der Waals surface area contributed by atoms with Gasteiger partial charge in [0, 0.05) is 12.1 Å². The molecule has 6 heteroatoms. The highest BCUT2D eigenvalue weighted by molar-refractivity contribution is 6.46. The zero-order valence-corrected chi connectivity index (χ0v) is 19.9. The minimum Gasteiger partial charge on any atom is -0.507 e. The standard InChI is InChI=1S/C29H29NO5/c1-3-17-35-24-12-8-11-22(18-24)27(31)25-26(21-9-6-5-7-10-21)30(29(33)28(25)32)19-20-13-15-23(16-14-20)34-4-2/h5-16,18,26,31H,3-4,17,19H2,1-2H3/b27-25-. The Labute approximate surface area is 205 Å². The highest BCUT2D eigenvalue weighted by atomic mass is 16.5. The summed E-state index contributed by atoms with van der Waals surface area (Å²) < 4.78 is 11.2. The van der Waals surface area contributed by atoms with Gasteiger partial charge in [0.2, 0.25) is 0 Å². The van der Waals surface area contributed by atoms with E-state index in [0.717, 1.165) is 23.3 Å². The molecule has 35 heavy (non-hydrogen) atoms. The average Bonchev–Trinajstić information content (AvgIpc) is 3.14. The number of aliphatic hydroxyl groups is 1. The summed E-state index contributed by atoms with van der Waals surface area (Å²) in [5.74, 6) is -0.234. The average molecular weight is 472 g/mol. The number of benzene rings is 3. The Morgan fingerprint density at radius 2 is 1.63 bits per heavy atom. The summed E-state index contributed by atoms with van der Waals surface area (Å²) in [6.45, 7) is 5.24. The van der Waals surface area contributed by atoms with Crippen LogP contribution < -0.4 is 9.47 Å². The molecule has 1 atom stereocenters. The van der Waals surface area contributed by atoms with Crippen LogP contribution in [0, 0.1) is 0 Å². The molecule has 0 aromatic heterocycles. The lowest BCUT2D eigenvalue weighted by atomic mass is 9.95. The van der Waals surface area contributed by atoms with Gasteiger partial charge in [0.15, 0.2) is 0 Å². The summed E-state index contributed by atoms with van der Waals surface area (Å²) >= 11 is 0. The first-order chi connectivity index (χ1) is 17.0. The number of likely N-dealkylation sites (tertiary alicyclic amines) is 1. The summed E-state index contributed by atoms with van der Waals surface area (Å²) in [7, 11) is 0. The van der Waals surface area contributed by atoms with Crippen LogP contribution in [0.1, 0.15) is 43.0 Å². The van der Waals surface area contributed by atoms with Crippen LogP contribution in [0.25, 0.3) is 5.76 Å². The van der Waals surface area contributed by atoms with Crippen molar-refractivity contribution in [3.63, 3.8) is 0 Å². The van der Waals surface area contributed by atoms with Crippen LogP contribution >= 0.6 is 0 Å². The summed E-state index contributed by atoms with van der Waals surface area (Å²) in [6, 6.07) is 23.0. The number of hydrogen-bond donors (Lipinski definition) is 1. The number of carbonyl (C=O) groups excluding carboxylic acids is 2. The van der Waals surface area contributed by atoms with E-state index in [-0.39, 0.29) is 17.9 Å². The van der Waals surface area contributed by atoms with Gasteiger partial charge >= 0.3 is 0 Å². The fourth-order valence-corrected chi connectivity index (χ4v) is 4.19. The zero-order valence-electron chi connectivity index (χ0n) is 19.9. The number of aliphatic hydroxyl groups excluding tert-OH is 1. The highest BCUT2D eigenvalue weighted by Gasteiger charge is 2.46. The molecule has 1 aliphatic rings. The number of Topliss-reactive ketones (excluding diaryl/α,β-unsaturated/α-hetero) is 1. The van der Waals surface area contributed by atoms with E-state index in [1.807, 2.05) is 68.4 Å². The van der Waals surface area contributed by atoms with E-state index >= 15 is 0 Å². The van der Waals surface area contributed by atoms with Crippen LogP contribution in [0.15, 0.2) is 84.4 Å². The molecule has 3 aromatic rings. The van der Waals surface area contributed by atoms with Crippen molar-refractivity contribution in [2.45, 2.75) is 32.9 Å². The number of amides is 1. The second-order valence-corrected chi connectivity index (χ2v) is 8.29. The first-order valence-electron chi connectivity index (χ1n) is 11.8. The van der Waals surface area contributed by atoms with Crippen molar-refractivity contribution in [2.75, 3.05) is 13.2 Å². The largest absolute Gasteiger partial charge is 0.507 e. The Balaban J connectivity index is 1.75. The minimum absolute atomic E-state index is 0.0692. The smallest absolute Gasteiger partial charge is 0.295 e. The lowest BCUT2D eigenvalue weighted by Gasteiger charge is -2.25. The SMILES string of the molecule is CCCOc1cccc(/C(O)=C2/C(=O)C(=O)N(Cc3ccc(OCC)cc3)C2c2ccccc2)c1. The number of nitrogens with zero attached hydrogens (tertiary/aromatic N) is 1. The third-order valence-corrected chi connectivity index (χ3v) is 5.82. The number of ether oxygens (including phenoxy) is 2. The van der Waals surface area contributed by atoms with Gasteiger partial charge in [-0.1, -0.05) is 61.5 Å². The maximum Gasteiger partial charge on any atom is 0.295 e. The molecule has 3 aromatic carbocycles. The predicted molar refractivity (Wildman–Crippen MR) is 134 cm³/mol. The minimum atomic E-state index is -0.719. The van der Waals surface area contributed by atoms with E-state index in [0.29, 0.717) is 24.5 Å². The normalized spacial score (nSPS) is 17.0. The molecule has 1 saturated heterocycles. The molecule has 0 radical (unpaired) electrons. The first-order valence-corrected chi connectivity index (χ1v) is 11.8. The molecular weight excluding hydrogens is 442 g/mol. The molecule has 0 saturated carbocycles. The Morgan fingerprint density at radius 1 is 0.886 bits per heavy atom. The van der Waals surface area contributed by atoms with Crippen LogP contribution in [0.5, 0.6) is 11.5 Å². The molecule has 1 unspecified atom stereocenters. The molecule has 1 aliphatic heterocycles. The molecule has 1 heterocycles. The van der Waals surface area contributed by atoms with Gasteiger partial charge < -0.3 is 19.5 Å². The Kier molecular flexibility index (Phi) is 7.51. The number of carbonyl (C=O) groups is 2. The monoisotopic (exact) mass is 471 g/mol. The molecule has 6 nitrogen and oxygen atoms in total. The fraction of sp³-hybridized carbons (Fsp3) is 0.241. The maximum absolute atomic E-state index is 13.2. The van der Waals surface area contributed by atoms with Crippen molar-refractivity contribution in [2.24, 2.45) is 0 Å². The van der Waals surface area contributed by atoms with Crippen molar-refractivity contribution in [3.05, 3.63) is 101 Å². The molecule has 1 amide bonds. The molecule has 180 valence electrons. The molecular formula is C29H29NO5. The van der Waals surface area contributed by atoms with Crippen molar-refractivity contribution in [1.29, 1.82) is 0 Å². The van der Waals surface area contributed by atoms with Crippen LogP contribution in [0.4, 0.5) is 0 Å². The predicted octanol–water partition coefficient (Wildman–Crippen LogP) is 5.50. The molecule has 1 N–H and O–H groups in total. The van der Waals surface area contributed by atoms with Crippen molar-refractivity contribution in [3.8, 4) is 11.5 Å². The van der Waals surface area contributed by atoms with Crippen molar-refractivity contribution >= 4 is 17.4 Å². The quantitative estimate of drug-likeness (QED) is 0.254. The van der Waals surface area contributed by atoms with Crippen molar-refractivity contribution in [1.82, 2.24) is 4.90 Å². The molecule has 1 fully saturated rings. The van der Waals surface area contributed by atoms with E-state index in [1.165, 1.54) is 4.90 Å². The van der Waals surface area contributed by atoms with Crippen LogP contribution in [0.3, 0.4) is 0 Å². The van der Waals surface area contributed by atoms with E-state index in [1.54, 1.807) is 24.3 Å². The molecule has 0 bridgehead atoms. The lowest BCUT2D eigenvalue weighted by Crippen LogP contribution is -2.29. The van der Waals surface area contributed by atoms with Crippen LogP contribution in [-0.2, 0) is 16.1 Å². The summed E-state index contributed by atoms with van der Waals surface area (Å²) in [5, 5.41) is 11.3. The van der Waals surface area contributed by atoms with Gasteiger partial charge in [-0.15, -0.1) is 0 Å². The fourth-order valence-electron chi connectivity index (χ4n) is 4.19. The number of rotatable bonds is 9. The van der Waals surface area contributed by atoms with E-state index in [2.05, 4.69) is 0 Å². The van der Waals surface area contributed by atoms with Gasteiger partial charge in [-0.3, -0.25) is 9.59 Å². The van der Waals surface area contributed by atoms with Gasteiger partial charge in [-0.05, 0) is 48.7 Å². The van der Waals surface area contributed by atoms with Gasteiger partial charge in [0.1, 0.15) is 17.3 Å². The van der Waals surface area contributed by atoms with Crippen LogP contribution in [0.2, 0.25) is 0 Å². The van der Waals surface area contributed by atoms with E-state index in [4.69, 9.17) is 9.47 Å². The summed E-state index contributed by atoms with van der Waals surface area (Å²) in [4.78, 5) is 27.9. The van der Waals surface area contributed by atoms with Gasteiger partial charge in [-0.2, -0.15) is 0 Å². The third-order valence-electron chi connectivity index (χ3n) is 5.82. The second kappa shape index (κ2) is 10.9. The van der Waals surface area contributed by atoms with Crippen LogP contribution in [-0.4, -0.2) is 34.9 Å². The maximum atomic E-state index is 13.2. The summed E-state index contributed by atoms with van der Waals surface area (Å²) in [5.41, 5.74) is 2.10. The van der Waals surface area contributed by atoms with Gasteiger partial charge in [0.25, 0.3) is 11.7 Å². The molecule has 4 rings (SSSR count). The summed E-state index contributed by atoms with van der Waals surface area (Å²) in [6.07, 6.45) is 0.848. The number of ketones is 1. The van der Waals surface area contributed by atoms with E-state index < -0.39 is 17.7 Å². The Morgan fingerprint density at radius 3 is 2.31 bits per heavy atom. The second-order valence-electron chi connectivity index (χ2n) is 8.29. The Hall–Kier alpha value is -4.06. The highest BCUT2D eigenvalue weighted by Crippen LogP contribution is 2.40. The third kappa shape index (κ3) is 5.22. The van der Waals surface area contributed by atoms with Gasteiger partial charge in [-0.25, -0.2) is 0 Å². The number of hydrogen-bond acceptors (Lipinski definition) is 5. The molecule has 0 spiro atoms.